The molecule has 0 unspecified atom stereocenters. The van der Waals surface area contributed by atoms with Crippen LogP contribution in [0.2, 0.25) is 0 Å². The number of nitrogens with one attached hydrogen (secondary N) is 1. The summed E-state index contributed by atoms with van der Waals surface area (Å²) in [4.78, 5) is 11.5. The monoisotopic (exact) mass is 219 g/mol. The minimum Gasteiger partial charge on any atom is -0.459 e. The van der Waals surface area contributed by atoms with Crippen LogP contribution in [-0.4, -0.2) is 22.2 Å². The highest BCUT2D eigenvalue weighted by Gasteiger charge is 2.06. The van der Waals surface area contributed by atoms with Crippen molar-refractivity contribution in [2.75, 3.05) is 6.54 Å². The van der Waals surface area contributed by atoms with E-state index in [2.05, 4.69) is 10.4 Å². The van der Waals surface area contributed by atoms with Crippen LogP contribution in [0.15, 0.2) is 35.2 Å². The number of aromatic nitrogens is 2. The normalized spacial score (nSPS) is 10.3. The van der Waals surface area contributed by atoms with Crippen LogP contribution in [0.4, 0.5) is 0 Å². The molecule has 0 saturated carbocycles. The van der Waals surface area contributed by atoms with Gasteiger partial charge in [0.15, 0.2) is 5.76 Å². The number of hydrogen-bond acceptors (Lipinski definition) is 3. The molecule has 0 aliphatic rings. The summed E-state index contributed by atoms with van der Waals surface area (Å²) in [7, 11) is 1.87. The molecule has 0 fully saturated rings. The number of carbonyl (C=O) groups excluding carboxylic acids is 1. The zero-order valence-electron chi connectivity index (χ0n) is 9.01. The fourth-order valence-corrected chi connectivity index (χ4v) is 1.42. The smallest absolute Gasteiger partial charge is 0.286 e. The Bertz CT molecular complexity index is 459. The van der Waals surface area contributed by atoms with Crippen LogP contribution < -0.4 is 5.32 Å². The van der Waals surface area contributed by atoms with Crippen molar-refractivity contribution < 1.29 is 9.21 Å². The van der Waals surface area contributed by atoms with E-state index in [1.165, 1.54) is 6.26 Å². The zero-order chi connectivity index (χ0) is 11.4. The van der Waals surface area contributed by atoms with Crippen LogP contribution in [0.3, 0.4) is 0 Å². The second-order valence-electron chi connectivity index (χ2n) is 3.51. The van der Waals surface area contributed by atoms with E-state index in [1.807, 2.05) is 13.2 Å². The molecule has 84 valence electrons. The fraction of sp³-hybridized carbons (Fsp3) is 0.273. The maximum Gasteiger partial charge on any atom is 0.286 e. The molecular weight excluding hydrogens is 206 g/mol. The lowest BCUT2D eigenvalue weighted by Gasteiger charge is -2.00. The number of furan rings is 1. The van der Waals surface area contributed by atoms with Gasteiger partial charge in [0.1, 0.15) is 0 Å². The van der Waals surface area contributed by atoms with Gasteiger partial charge < -0.3 is 9.73 Å². The standard InChI is InChI=1S/C11H13N3O2/c1-14-8-9(7-13-14)4-5-12-11(15)10-3-2-6-16-10/h2-3,6-8H,4-5H2,1H3,(H,12,15). The van der Waals surface area contributed by atoms with Gasteiger partial charge in [0.05, 0.1) is 12.5 Å². The first-order chi connectivity index (χ1) is 7.75. The first-order valence-electron chi connectivity index (χ1n) is 5.05. The van der Waals surface area contributed by atoms with Gasteiger partial charge in [-0.1, -0.05) is 0 Å². The lowest BCUT2D eigenvalue weighted by atomic mass is 10.2. The third-order valence-electron chi connectivity index (χ3n) is 2.20. The van der Waals surface area contributed by atoms with Crippen LogP contribution in [0, 0.1) is 0 Å². The summed E-state index contributed by atoms with van der Waals surface area (Å²) in [6, 6.07) is 3.33. The van der Waals surface area contributed by atoms with Crippen molar-refractivity contribution in [1.82, 2.24) is 15.1 Å². The molecule has 0 spiro atoms. The SMILES string of the molecule is Cn1cc(CCNC(=O)c2ccco2)cn1. The van der Waals surface area contributed by atoms with Gasteiger partial charge in [-0.2, -0.15) is 5.10 Å². The molecule has 0 aliphatic carbocycles. The van der Waals surface area contributed by atoms with Crippen molar-refractivity contribution in [1.29, 1.82) is 0 Å². The Balaban J connectivity index is 1.78. The van der Waals surface area contributed by atoms with E-state index >= 15 is 0 Å². The average Bonchev–Trinajstić information content (AvgIpc) is 2.89. The van der Waals surface area contributed by atoms with E-state index in [1.54, 1.807) is 23.0 Å². The topological polar surface area (TPSA) is 60.1 Å². The molecule has 2 aromatic heterocycles. The average molecular weight is 219 g/mol. The van der Waals surface area contributed by atoms with E-state index in [-0.39, 0.29) is 5.91 Å². The molecular formula is C11H13N3O2. The molecule has 5 heteroatoms. The van der Waals surface area contributed by atoms with Crippen molar-refractivity contribution in [3.63, 3.8) is 0 Å². The first kappa shape index (κ1) is 10.5. The van der Waals surface area contributed by atoms with Crippen LogP contribution in [0.25, 0.3) is 0 Å². The quantitative estimate of drug-likeness (QED) is 0.834. The molecule has 2 heterocycles. The second kappa shape index (κ2) is 4.65. The van der Waals surface area contributed by atoms with Gasteiger partial charge in [-0.25, -0.2) is 0 Å². The van der Waals surface area contributed by atoms with Crippen molar-refractivity contribution in [2.24, 2.45) is 7.05 Å². The Labute approximate surface area is 93.1 Å². The van der Waals surface area contributed by atoms with E-state index in [4.69, 9.17) is 4.42 Å². The minimum absolute atomic E-state index is 0.186. The number of rotatable bonds is 4. The van der Waals surface area contributed by atoms with Gasteiger partial charge in [0.25, 0.3) is 5.91 Å². The highest BCUT2D eigenvalue weighted by atomic mass is 16.3. The van der Waals surface area contributed by atoms with Crippen molar-refractivity contribution in [3.8, 4) is 0 Å². The molecule has 2 aromatic rings. The highest BCUT2D eigenvalue weighted by molar-refractivity contribution is 5.91. The second-order valence-corrected chi connectivity index (χ2v) is 3.51. The predicted molar refractivity (Wildman–Crippen MR) is 58.0 cm³/mol. The Morgan fingerprint density at radius 2 is 2.50 bits per heavy atom. The van der Waals surface area contributed by atoms with E-state index in [0.29, 0.717) is 12.3 Å². The molecule has 2 rings (SSSR count). The largest absolute Gasteiger partial charge is 0.459 e. The maximum absolute atomic E-state index is 11.5. The Kier molecular flexibility index (Phi) is 3.05. The van der Waals surface area contributed by atoms with Gasteiger partial charge in [0.2, 0.25) is 0 Å². The summed E-state index contributed by atoms with van der Waals surface area (Å²) in [6.07, 6.45) is 5.97. The molecule has 0 aromatic carbocycles. The van der Waals surface area contributed by atoms with Crippen molar-refractivity contribution >= 4 is 5.91 Å². The van der Waals surface area contributed by atoms with Gasteiger partial charge in [-0.3, -0.25) is 9.48 Å². The van der Waals surface area contributed by atoms with Crippen LogP contribution >= 0.6 is 0 Å². The first-order valence-corrected chi connectivity index (χ1v) is 5.05. The maximum atomic E-state index is 11.5. The summed E-state index contributed by atoms with van der Waals surface area (Å²) < 4.78 is 6.71. The molecule has 1 N–H and O–H groups in total. The third-order valence-corrected chi connectivity index (χ3v) is 2.20. The Morgan fingerprint density at radius 3 is 3.12 bits per heavy atom. The van der Waals surface area contributed by atoms with E-state index in [9.17, 15) is 4.79 Å². The van der Waals surface area contributed by atoms with E-state index < -0.39 is 0 Å². The van der Waals surface area contributed by atoms with Crippen LogP contribution in [0.5, 0.6) is 0 Å². The van der Waals surface area contributed by atoms with Gasteiger partial charge in [0, 0.05) is 19.8 Å². The summed E-state index contributed by atoms with van der Waals surface area (Å²) in [6.45, 7) is 0.575. The highest BCUT2D eigenvalue weighted by Crippen LogP contribution is 2.00. The lowest BCUT2D eigenvalue weighted by Crippen LogP contribution is -2.25. The van der Waals surface area contributed by atoms with Crippen LogP contribution in [0.1, 0.15) is 16.1 Å². The molecule has 0 saturated heterocycles. The molecule has 0 radical (unpaired) electrons. The number of aryl methyl sites for hydroxylation is 1. The van der Waals surface area contributed by atoms with Crippen molar-refractivity contribution in [3.05, 3.63) is 42.1 Å². The predicted octanol–water partition coefficient (Wildman–Crippen LogP) is 0.986. The summed E-state index contributed by atoms with van der Waals surface area (Å²) in [5.41, 5.74) is 1.10. The Hall–Kier alpha value is -2.04. The number of nitrogens with zero attached hydrogens (tertiary/aromatic N) is 2. The van der Waals surface area contributed by atoms with Crippen molar-refractivity contribution in [2.45, 2.75) is 6.42 Å². The zero-order valence-corrected chi connectivity index (χ0v) is 9.01. The number of carbonyl (C=O) groups is 1. The van der Waals surface area contributed by atoms with Gasteiger partial charge in [-0.05, 0) is 24.1 Å². The molecule has 1 amide bonds. The summed E-state index contributed by atoms with van der Waals surface area (Å²) >= 11 is 0. The molecule has 0 atom stereocenters. The molecule has 5 nitrogen and oxygen atoms in total. The molecule has 0 bridgehead atoms. The van der Waals surface area contributed by atoms with E-state index in [0.717, 1.165) is 12.0 Å². The summed E-state index contributed by atoms with van der Waals surface area (Å²) in [5.74, 6) is 0.153. The van der Waals surface area contributed by atoms with Gasteiger partial charge >= 0.3 is 0 Å². The number of hydrogen-bond donors (Lipinski definition) is 1. The Morgan fingerprint density at radius 1 is 1.62 bits per heavy atom. The summed E-state index contributed by atoms with van der Waals surface area (Å²) in [5, 5.41) is 6.82. The minimum atomic E-state index is -0.186. The van der Waals surface area contributed by atoms with Crippen LogP contribution in [-0.2, 0) is 13.5 Å². The van der Waals surface area contributed by atoms with Gasteiger partial charge in [-0.15, -0.1) is 0 Å². The fourth-order valence-electron chi connectivity index (χ4n) is 1.42. The molecule has 16 heavy (non-hydrogen) atoms. The third kappa shape index (κ3) is 2.50. The lowest BCUT2D eigenvalue weighted by molar-refractivity contribution is 0.0926. The number of amides is 1. The molecule has 0 aliphatic heterocycles.